The molecule has 0 fully saturated rings. The first-order valence-corrected chi connectivity index (χ1v) is 28.1. The number of nitrogens with one attached hydrogen (secondary N) is 1. The van der Waals surface area contributed by atoms with Crippen molar-refractivity contribution in [2.75, 3.05) is 13.2 Å². The molecule has 6 heteroatoms. The largest absolute Gasteiger partial charge is 0.466 e. The molecule has 0 aliphatic carbocycles. The Morgan fingerprint density at radius 1 is 0.429 bits per heavy atom. The van der Waals surface area contributed by atoms with Crippen LogP contribution >= 0.6 is 0 Å². The molecule has 0 rings (SSSR count). The molecule has 63 heavy (non-hydrogen) atoms. The number of hydrogen-bond acceptors (Lipinski definition) is 5. The van der Waals surface area contributed by atoms with E-state index in [1.807, 2.05) is 0 Å². The van der Waals surface area contributed by atoms with Crippen molar-refractivity contribution < 1.29 is 24.5 Å². The van der Waals surface area contributed by atoms with Gasteiger partial charge in [0.25, 0.3) is 0 Å². The summed E-state index contributed by atoms with van der Waals surface area (Å²) in [5, 5.41) is 23.3. The summed E-state index contributed by atoms with van der Waals surface area (Å²) in [6.07, 6.45) is 63.1. The third-order valence-corrected chi connectivity index (χ3v) is 13.0. The third-order valence-electron chi connectivity index (χ3n) is 13.0. The summed E-state index contributed by atoms with van der Waals surface area (Å²) in [6.45, 7) is 4.88. The highest BCUT2D eigenvalue weighted by atomic mass is 16.5. The predicted molar refractivity (Wildman–Crippen MR) is 273 cm³/mol. The molecule has 2 atom stereocenters. The molecule has 0 heterocycles. The van der Waals surface area contributed by atoms with Gasteiger partial charge in [-0.2, -0.15) is 0 Å². The number of unbranched alkanes of at least 4 members (excludes halogenated alkanes) is 37. The van der Waals surface area contributed by atoms with Gasteiger partial charge in [-0.25, -0.2) is 0 Å². The number of aliphatic hydroxyl groups excluding tert-OH is 2. The number of carbonyl (C=O) groups excluding carboxylic acids is 2. The van der Waals surface area contributed by atoms with E-state index in [4.69, 9.17) is 4.74 Å². The maximum atomic E-state index is 12.5. The molecule has 0 aromatic carbocycles. The molecular formula is C57H109NO5. The van der Waals surface area contributed by atoms with Crippen LogP contribution in [-0.2, 0) is 14.3 Å². The molecule has 372 valence electrons. The maximum Gasteiger partial charge on any atom is 0.305 e. The van der Waals surface area contributed by atoms with Crippen LogP contribution in [0.5, 0.6) is 0 Å². The van der Waals surface area contributed by atoms with E-state index in [0.717, 1.165) is 70.6 Å². The Morgan fingerprint density at radius 2 is 0.762 bits per heavy atom. The fourth-order valence-electron chi connectivity index (χ4n) is 8.62. The van der Waals surface area contributed by atoms with Crippen molar-refractivity contribution in [3.05, 3.63) is 24.3 Å². The maximum absolute atomic E-state index is 12.5. The van der Waals surface area contributed by atoms with Gasteiger partial charge in [-0.05, 0) is 70.6 Å². The van der Waals surface area contributed by atoms with E-state index < -0.39 is 12.1 Å². The molecule has 0 aliphatic rings. The fraction of sp³-hybridized carbons (Fsp3) is 0.895. The van der Waals surface area contributed by atoms with E-state index in [1.165, 1.54) is 199 Å². The van der Waals surface area contributed by atoms with Gasteiger partial charge in [0.1, 0.15) is 0 Å². The van der Waals surface area contributed by atoms with Crippen molar-refractivity contribution in [3.63, 3.8) is 0 Å². The van der Waals surface area contributed by atoms with Crippen molar-refractivity contribution >= 4 is 11.9 Å². The topological polar surface area (TPSA) is 95.9 Å². The molecule has 0 saturated carbocycles. The Hall–Kier alpha value is -1.66. The molecule has 6 nitrogen and oxygen atoms in total. The monoisotopic (exact) mass is 888 g/mol. The summed E-state index contributed by atoms with van der Waals surface area (Å²) in [5.41, 5.74) is 0. The second-order valence-corrected chi connectivity index (χ2v) is 19.3. The zero-order valence-corrected chi connectivity index (χ0v) is 42.3. The average Bonchev–Trinajstić information content (AvgIpc) is 3.28. The van der Waals surface area contributed by atoms with Gasteiger partial charge in [0, 0.05) is 12.8 Å². The van der Waals surface area contributed by atoms with Crippen molar-refractivity contribution in [3.8, 4) is 0 Å². The quantitative estimate of drug-likeness (QED) is 0.0321. The Morgan fingerprint density at radius 3 is 1.19 bits per heavy atom. The Labute approximate surface area is 392 Å². The van der Waals surface area contributed by atoms with Gasteiger partial charge in [0.05, 0.1) is 25.4 Å². The first kappa shape index (κ1) is 61.3. The fourth-order valence-corrected chi connectivity index (χ4v) is 8.62. The summed E-state index contributed by atoms with van der Waals surface area (Å²) in [6, 6.07) is -0.563. The van der Waals surface area contributed by atoms with E-state index in [9.17, 15) is 19.8 Å². The highest BCUT2D eigenvalue weighted by Crippen LogP contribution is 2.17. The van der Waals surface area contributed by atoms with Crippen LogP contribution in [0.25, 0.3) is 0 Å². The standard InChI is InChI=1S/C57H109NO5/c1-3-5-7-9-11-13-15-16-17-18-19-20-21-22-23-24-26-30-33-37-41-45-49-55(60)54(53-59)58-56(61)50-46-42-38-34-31-27-25-28-32-36-40-44-48-52-63-57(62)51-47-43-39-35-29-14-12-10-8-6-4-2/h10,12,27,31,54-55,59-60H,3-9,11,13-26,28-30,32-53H2,1-2H3,(H,58,61)/b12-10-,31-27-. The number of rotatable bonds is 52. The summed E-state index contributed by atoms with van der Waals surface area (Å²) < 4.78 is 5.43. The highest BCUT2D eigenvalue weighted by molar-refractivity contribution is 5.76. The van der Waals surface area contributed by atoms with Crippen LogP contribution in [0.1, 0.15) is 303 Å². The number of carbonyl (C=O) groups is 2. The molecule has 2 unspecified atom stereocenters. The highest BCUT2D eigenvalue weighted by Gasteiger charge is 2.20. The van der Waals surface area contributed by atoms with E-state index in [-0.39, 0.29) is 18.5 Å². The summed E-state index contributed by atoms with van der Waals surface area (Å²) >= 11 is 0. The van der Waals surface area contributed by atoms with E-state index in [2.05, 4.69) is 43.5 Å². The van der Waals surface area contributed by atoms with Crippen LogP contribution in [-0.4, -0.2) is 47.4 Å². The van der Waals surface area contributed by atoms with Crippen LogP contribution in [0.2, 0.25) is 0 Å². The average molecular weight is 889 g/mol. The number of allylic oxidation sites excluding steroid dienone is 4. The van der Waals surface area contributed by atoms with E-state index in [0.29, 0.717) is 25.9 Å². The Balaban J connectivity index is 3.50. The van der Waals surface area contributed by atoms with Gasteiger partial charge < -0.3 is 20.3 Å². The van der Waals surface area contributed by atoms with Crippen molar-refractivity contribution in [2.24, 2.45) is 0 Å². The minimum atomic E-state index is -0.682. The van der Waals surface area contributed by atoms with Crippen LogP contribution in [0.3, 0.4) is 0 Å². The van der Waals surface area contributed by atoms with Gasteiger partial charge >= 0.3 is 5.97 Å². The molecule has 3 N–H and O–H groups in total. The van der Waals surface area contributed by atoms with Gasteiger partial charge in [-0.15, -0.1) is 0 Å². The molecule has 0 aromatic heterocycles. The lowest BCUT2D eigenvalue weighted by atomic mass is 10.0. The zero-order chi connectivity index (χ0) is 45.8. The number of amides is 1. The lowest BCUT2D eigenvalue weighted by Gasteiger charge is -2.22. The van der Waals surface area contributed by atoms with Crippen LogP contribution < -0.4 is 5.32 Å². The molecule has 0 radical (unpaired) electrons. The molecule has 1 amide bonds. The lowest BCUT2D eigenvalue weighted by Crippen LogP contribution is -2.45. The molecule has 0 aromatic rings. The van der Waals surface area contributed by atoms with Crippen LogP contribution in [0.4, 0.5) is 0 Å². The predicted octanol–water partition coefficient (Wildman–Crippen LogP) is 17.1. The van der Waals surface area contributed by atoms with Crippen LogP contribution in [0.15, 0.2) is 24.3 Å². The van der Waals surface area contributed by atoms with Crippen molar-refractivity contribution in [1.29, 1.82) is 0 Å². The second-order valence-electron chi connectivity index (χ2n) is 19.3. The van der Waals surface area contributed by atoms with Gasteiger partial charge in [-0.1, -0.05) is 244 Å². The summed E-state index contributed by atoms with van der Waals surface area (Å²) in [5.74, 6) is -0.0862. The van der Waals surface area contributed by atoms with E-state index in [1.54, 1.807) is 0 Å². The molecular weight excluding hydrogens is 779 g/mol. The number of aliphatic hydroxyl groups is 2. The molecule has 0 spiro atoms. The third kappa shape index (κ3) is 49.6. The minimum absolute atomic E-state index is 0.0232. The first-order chi connectivity index (χ1) is 31.0. The summed E-state index contributed by atoms with van der Waals surface area (Å²) in [7, 11) is 0. The molecule has 0 bridgehead atoms. The van der Waals surface area contributed by atoms with Crippen molar-refractivity contribution in [1.82, 2.24) is 5.32 Å². The van der Waals surface area contributed by atoms with E-state index >= 15 is 0 Å². The Bertz CT molecular complexity index is 982. The zero-order valence-electron chi connectivity index (χ0n) is 42.3. The first-order valence-electron chi connectivity index (χ1n) is 28.1. The number of esters is 1. The molecule has 0 aliphatic heterocycles. The number of ether oxygens (including phenoxy) is 1. The SMILES string of the molecule is CCCC/C=C\CCCCCCCC(=O)OCCCCCCCC/C=C\CCCCCC(=O)NC(CO)C(O)CCCCCCCCCCCCCCCCCCCCCCCC. The number of hydrogen-bond donors (Lipinski definition) is 3. The van der Waals surface area contributed by atoms with Gasteiger partial charge in [0.2, 0.25) is 5.91 Å². The Kier molecular flexibility index (Phi) is 51.6. The normalized spacial score (nSPS) is 12.8. The van der Waals surface area contributed by atoms with Gasteiger partial charge in [0.15, 0.2) is 0 Å². The van der Waals surface area contributed by atoms with Crippen molar-refractivity contribution in [2.45, 2.75) is 315 Å². The lowest BCUT2D eigenvalue weighted by molar-refractivity contribution is -0.143. The summed E-state index contributed by atoms with van der Waals surface area (Å²) in [4.78, 5) is 24.5. The van der Waals surface area contributed by atoms with Gasteiger partial charge in [-0.3, -0.25) is 9.59 Å². The molecule has 0 saturated heterocycles. The van der Waals surface area contributed by atoms with Crippen LogP contribution in [0, 0.1) is 0 Å². The second kappa shape index (κ2) is 53.0. The smallest absolute Gasteiger partial charge is 0.305 e. The minimum Gasteiger partial charge on any atom is -0.466 e.